The van der Waals surface area contributed by atoms with Gasteiger partial charge in [-0.1, -0.05) is 19.4 Å². The van der Waals surface area contributed by atoms with Crippen LogP contribution >= 0.6 is 0 Å². The first-order valence-electron chi connectivity index (χ1n) is 7.57. The van der Waals surface area contributed by atoms with Gasteiger partial charge in [-0.25, -0.2) is 9.18 Å². The van der Waals surface area contributed by atoms with Gasteiger partial charge in [-0.3, -0.25) is 0 Å². The van der Waals surface area contributed by atoms with Gasteiger partial charge in [0, 0.05) is 17.5 Å². The third-order valence-electron chi connectivity index (χ3n) is 4.20. The molecule has 22 heavy (non-hydrogen) atoms. The fraction of sp³-hybridized carbons (Fsp3) is 0.562. The maximum atomic E-state index is 13.0. The van der Waals surface area contributed by atoms with Crippen molar-refractivity contribution >= 4 is 6.03 Å². The van der Waals surface area contributed by atoms with E-state index in [0.29, 0.717) is 12.3 Å². The van der Waals surface area contributed by atoms with Crippen molar-refractivity contribution in [1.82, 2.24) is 10.6 Å². The van der Waals surface area contributed by atoms with Crippen LogP contribution in [0.4, 0.5) is 9.18 Å². The van der Waals surface area contributed by atoms with Crippen LogP contribution in [0.5, 0.6) is 5.75 Å². The fourth-order valence-corrected chi connectivity index (χ4v) is 2.77. The average Bonchev–Trinajstić information content (AvgIpc) is 2.85. The summed E-state index contributed by atoms with van der Waals surface area (Å²) in [6, 6.07) is 5.59. The van der Waals surface area contributed by atoms with Gasteiger partial charge < -0.3 is 20.5 Å². The van der Waals surface area contributed by atoms with Crippen LogP contribution in [0.1, 0.15) is 26.2 Å². The zero-order valence-electron chi connectivity index (χ0n) is 12.8. The van der Waals surface area contributed by atoms with Gasteiger partial charge in [-0.15, -0.1) is 0 Å². The molecule has 122 valence electrons. The Morgan fingerprint density at radius 1 is 1.55 bits per heavy atom. The first kappa shape index (κ1) is 16.5. The van der Waals surface area contributed by atoms with Crippen LogP contribution in [0.3, 0.4) is 0 Å². The predicted molar refractivity (Wildman–Crippen MR) is 81.3 cm³/mol. The van der Waals surface area contributed by atoms with Gasteiger partial charge in [0.15, 0.2) is 0 Å². The number of carbonyl (C=O) groups is 1. The third kappa shape index (κ3) is 4.34. The quantitative estimate of drug-likeness (QED) is 0.704. The van der Waals surface area contributed by atoms with Crippen LogP contribution < -0.4 is 15.4 Å². The number of aliphatic hydroxyl groups is 1. The number of hydrogen-bond acceptors (Lipinski definition) is 3. The second-order valence-electron chi connectivity index (χ2n) is 5.96. The number of carbonyl (C=O) groups excluding carboxylic acids is 1. The number of benzene rings is 1. The highest BCUT2D eigenvalue weighted by atomic mass is 19.1. The number of urea groups is 1. The van der Waals surface area contributed by atoms with Crippen molar-refractivity contribution in [3.05, 3.63) is 30.1 Å². The van der Waals surface area contributed by atoms with Gasteiger partial charge in [0.2, 0.25) is 0 Å². The first-order valence-corrected chi connectivity index (χ1v) is 7.57. The Labute approximate surface area is 129 Å². The minimum Gasteiger partial charge on any atom is -0.492 e. The lowest BCUT2D eigenvalue weighted by atomic mass is 9.86. The lowest BCUT2D eigenvalue weighted by Gasteiger charge is -2.30. The van der Waals surface area contributed by atoms with Crippen LogP contribution in [-0.4, -0.2) is 36.9 Å². The van der Waals surface area contributed by atoms with Gasteiger partial charge in [0.1, 0.15) is 18.2 Å². The molecule has 0 radical (unpaired) electrons. The van der Waals surface area contributed by atoms with E-state index in [0.717, 1.165) is 19.3 Å². The van der Waals surface area contributed by atoms with E-state index < -0.39 is 0 Å². The Bertz CT molecular complexity index is 512. The summed E-state index contributed by atoms with van der Waals surface area (Å²) in [7, 11) is 0. The molecular formula is C16H23FN2O3. The van der Waals surface area contributed by atoms with Crippen molar-refractivity contribution in [2.24, 2.45) is 5.41 Å². The predicted octanol–water partition coefficient (Wildman–Crippen LogP) is 2.05. The molecule has 0 spiro atoms. The van der Waals surface area contributed by atoms with Crippen LogP contribution in [0.15, 0.2) is 24.3 Å². The Kier molecular flexibility index (Phi) is 5.60. The van der Waals surface area contributed by atoms with E-state index in [1.807, 2.05) is 6.92 Å². The Hall–Kier alpha value is -1.82. The maximum absolute atomic E-state index is 13.0. The molecule has 1 aliphatic rings. The molecule has 0 heterocycles. The monoisotopic (exact) mass is 310 g/mol. The Morgan fingerprint density at radius 3 is 3.09 bits per heavy atom. The molecule has 2 amide bonds. The van der Waals surface area contributed by atoms with Crippen molar-refractivity contribution in [1.29, 1.82) is 0 Å². The molecule has 3 N–H and O–H groups in total. The van der Waals surface area contributed by atoms with Gasteiger partial charge >= 0.3 is 6.03 Å². The SMILES string of the molecule is CC1(CO)CCCC1NC(=O)NCCOc1cccc(F)c1. The lowest BCUT2D eigenvalue weighted by molar-refractivity contribution is 0.121. The molecule has 0 bridgehead atoms. The first-order chi connectivity index (χ1) is 10.5. The zero-order chi connectivity index (χ0) is 16.0. The number of amides is 2. The minimum absolute atomic E-state index is 0.0124. The van der Waals surface area contributed by atoms with Crippen LogP contribution in [-0.2, 0) is 0 Å². The van der Waals surface area contributed by atoms with E-state index >= 15 is 0 Å². The smallest absolute Gasteiger partial charge is 0.315 e. The number of aliphatic hydroxyl groups excluding tert-OH is 1. The molecule has 1 aliphatic carbocycles. The van der Waals surface area contributed by atoms with Crippen molar-refractivity contribution in [2.75, 3.05) is 19.8 Å². The number of halogens is 1. The summed E-state index contributed by atoms with van der Waals surface area (Å²) >= 11 is 0. The van der Waals surface area contributed by atoms with Crippen LogP contribution in [0.25, 0.3) is 0 Å². The zero-order valence-corrected chi connectivity index (χ0v) is 12.8. The third-order valence-corrected chi connectivity index (χ3v) is 4.20. The molecule has 1 saturated carbocycles. The van der Waals surface area contributed by atoms with Gasteiger partial charge in [-0.05, 0) is 25.0 Å². The standard InChI is InChI=1S/C16H23FN2O3/c1-16(11-20)7-3-6-14(16)19-15(21)18-8-9-22-13-5-2-4-12(17)10-13/h2,4-5,10,14,20H,3,6-9,11H2,1H3,(H2,18,19,21). The van der Waals surface area contributed by atoms with Gasteiger partial charge in [-0.2, -0.15) is 0 Å². The summed E-state index contributed by atoms with van der Waals surface area (Å²) in [5.74, 6) is 0.0820. The van der Waals surface area contributed by atoms with E-state index in [1.54, 1.807) is 12.1 Å². The highest BCUT2D eigenvalue weighted by molar-refractivity contribution is 5.74. The average molecular weight is 310 g/mol. The normalized spacial score (nSPS) is 24.0. The summed E-state index contributed by atoms with van der Waals surface area (Å²) in [5.41, 5.74) is -0.241. The molecule has 2 rings (SSSR count). The summed E-state index contributed by atoms with van der Waals surface area (Å²) in [4.78, 5) is 11.8. The molecule has 0 aliphatic heterocycles. The highest BCUT2D eigenvalue weighted by Gasteiger charge is 2.38. The van der Waals surface area contributed by atoms with Crippen molar-refractivity contribution in [3.63, 3.8) is 0 Å². The van der Waals surface area contributed by atoms with Gasteiger partial charge in [0.25, 0.3) is 0 Å². The van der Waals surface area contributed by atoms with E-state index in [-0.39, 0.29) is 36.5 Å². The molecule has 1 aromatic rings. The van der Waals surface area contributed by atoms with Crippen molar-refractivity contribution in [2.45, 2.75) is 32.2 Å². The maximum Gasteiger partial charge on any atom is 0.315 e. The topological polar surface area (TPSA) is 70.6 Å². The van der Waals surface area contributed by atoms with E-state index in [2.05, 4.69) is 10.6 Å². The number of ether oxygens (including phenoxy) is 1. The Balaban J connectivity index is 1.68. The van der Waals surface area contributed by atoms with Crippen LogP contribution in [0.2, 0.25) is 0 Å². The summed E-state index contributed by atoms with van der Waals surface area (Å²) in [5, 5.41) is 15.1. The molecule has 2 atom stereocenters. The largest absolute Gasteiger partial charge is 0.492 e. The van der Waals surface area contributed by atoms with E-state index in [9.17, 15) is 14.3 Å². The van der Waals surface area contributed by atoms with E-state index in [1.165, 1.54) is 12.1 Å². The summed E-state index contributed by atoms with van der Waals surface area (Å²) < 4.78 is 18.3. The highest BCUT2D eigenvalue weighted by Crippen LogP contribution is 2.37. The molecular weight excluding hydrogens is 287 g/mol. The number of hydrogen-bond donors (Lipinski definition) is 3. The summed E-state index contributed by atoms with van der Waals surface area (Å²) in [6.07, 6.45) is 2.80. The van der Waals surface area contributed by atoms with Crippen LogP contribution in [0, 0.1) is 11.2 Å². The summed E-state index contributed by atoms with van der Waals surface area (Å²) in [6.45, 7) is 2.64. The van der Waals surface area contributed by atoms with E-state index in [4.69, 9.17) is 4.74 Å². The second-order valence-corrected chi connectivity index (χ2v) is 5.96. The molecule has 1 fully saturated rings. The second kappa shape index (κ2) is 7.45. The molecule has 1 aromatic carbocycles. The molecule has 6 heteroatoms. The minimum atomic E-state index is -0.354. The number of nitrogens with one attached hydrogen (secondary N) is 2. The molecule has 2 unspecified atom stereocenters. The molecule has 0 aromatic heterocycles. The molecule has 0 saturated heterocycles. The van der Waals surface area contributed by atoms with Gasteiger partial charge in [0.05, 0.1) is 13.2 Å². The number of rotatable bonds is 6. The fourth-order valence-electron chi connectivity index (χ4n) is 2.77. The van der Waals surface area contributed by atoms with Crippen molar-refractivity contribution in [3.8, 4) is 5.75 Å². The lowest BCUT2D eigenvalue weighted by Crippen LogP contribution is -2.49. The Morgan fingerprint density at radius 2 is 2.36 bits per heavy atom. The molecule has 5 nitrogen and oxygen atoms in total. The van der Waals surface area contributed by atoms with Crippen molar-refractivity contribution < 1.29 is 19.0 Å².